The fourth-order valence-corrected chi connectivity index (χ4v) is 3.19. The molecule has 0 spiro atoms. The van der Waals surface area contributed by atoms with Gasteiger partial charge in [-0.1, -0.05) is 35.9 Å². The van der Waals surface area contributed by atoms with Crippen molar-refractivity contribution >= 4 is 15.7 Å². The predicted octanol–water partition coefficient (Wildman–Crippen LogP) is 3.32. The highest BCUT2D eigenvalue weighted by atomic mass is 32.2. The lowest BCUT2D eigenvalue weighted by Crippen LogP contribution is -2.49. The summed E-state index contributed by atoms with van der Waals surface area (Å²) in [6.07, 6.45) is -4.72. The molecular weight excluding hydrogens is 341 g/mol. The maximum Gasteiger partial charge on any atom is 0.406 e. The summed E-state index contributed by atoms with van der Waals surface area (Å²) >= 11 is 0. The van der Waals surface area contributed by atoms with E-state index in [-0.39, 0.29) is 4.90 Å². The number of aryl methyl sites for hydroxylation is 1. The van der Waals surface area contributed by atoms with Crippen LogP contribution in [-0.4, -0.2) is 27.2 Å². The van der Waals surface area contributed by atoms with Gasteiger partial charge in [0.05, 0.1) is 4.90 Å². The SMILES string of the molecule is Cc1ccc(S(=O)(=O)N[C@H](CNc2ccccc2)C(F)(F)F)cc1. The largest absolute Gasteiger partial charge is 0.406 e. The summed E-state index contributed by atoms with van der Waals surface area (Å²) in [7, 11) is -4.27. The van der Waals surface area contributed by atoms with Crippen molar-refractivity contribution in [1.29, 1.82) is 0 Å². The third-order valence-electron chi connectivity index (χ3n) is 3.31. The topological polar surface area (TPSA) is 58.2 Å². The molecule has 24 heavy (non-hydrogen) atoms. The van der Waals surface area contributed by atoms with E-state index in [0.717, 1.165) is 5.56 Å². The first kappa shape index (κ1) is 18.3. The van der Waals surface area contributed by atoms with Gasteiger partial charge >= 0.3 is 6.18 Å². The molecule has 2 rings (SSSR count). The van der Waals surface area contributed by atoms with Crippen LogP contribution < -0.4 is 10.0 Å². The van der Waals surface area contributed by atoms with E-state index in [4.69, 9.17) is 0 Å². The molecule has 0 aliphatic carbocycles. The molecule has 0 aliphatic heterocycles. The molecule has 0 radical (unpaired) electrons. The Morgan fingerprint density at radius 2 is 1.58 bits per heavy atom. The Morgan fingerprint density at radius 3 is 2.12 bits per heavy atom. The number of rotatable bonds is 6. The lowest BCUT2D eigenvalue weighted by atomic mass is 10.2. The quantitative estimate of drug-likeness (QED) is 0.833. The van der Waals surface area contributed by atoms with Crippen LogP contribution in [0, 0.1) is 6.92 Å². The smallest absolute Gasteiger partial charge is 0.383 e. The van der Waals surface area contributed by atoms with Crippen molar-refractivity contribution in [2.75, 3.05) is 11.9 Å². The van der Waals surface area contributed by atoms with E-state index in [2.05, 4.69) is 5.32 Å². The van der Waals surface area contributed by atoms with Gasteiger partial charge in [-0.3, -0.25) is 0 Å². The van der Waals surface area contributed by atoms with Crippen molar-refractivity contribution in [3.63, 3.8) is 0 Å². The maximum absolute atomic E-state index is 13.2. The number of alkyl halides is 3. The Kier molecular flexibility index (Phi) is 5.51. The van der Waals surface area contributed by atoms with Crippen molar-refractivity contribution in [2.24, 2.45) is 0 Å². The van der Waals surface area contributed by atoms with Gasteiger partial charge < -0.3 is 5.32 Å². The summed E-state index contributed by atoms with van der Waals surface area (Å²) in [5.74, 6) is 0. The van der Waals surface area contributed by atoms with Crippen molar-refractivity contribution in [3.05, 3.63) is 60.2 Å². The fourth-order valence-electron chi connectivity index (χ4n) is 1.97. The summed E-state index contributed by atoms with van der Waals surface area (Å²) in [5, 5.41) is 2.59. The van der Waals surface area contributed by atoms with E-state index in [1.165, 1.54) is 24.3 Å². The first-order chi connectivity index (χ1) is 11.2. The second-order valence-corrected chi connectivity index (χ2v) is 6.99. The molecule has 0 aromatic heterocycles. The van der Waals surface area contributed by atoms with Gasteiger partial charge in [0.1, 0.15) is 6.04 Å². The number of para-hydroxylation sites is 1. The van der Waals surface area contributed by atoms with Crippen LogP contribution in [0.1, 0.15) is 5.56 Å². The Balaban J connectivity index is 2.15. The highest BCUT2D eigenvalue weighted by molar-refractivity contribution is 7.89. The van der Waals surface area contributed by atoms with Gasteiger partial charge in [-0.15, -0.1) is 0 Å². The number of nitrogens with one attached hydrogen (secondary N) is 2. The van der Waals surface area contributed by atoms with Gasteiger partial charge in [-0.25, -0.2) is 8.42 Å². The number of hydrogen-bond donors (Lipinski definition) is 2. The van der Waals surface area contributed by atoms with E-state index >= 15 is 0 Å². The van der Waals surface area contributed by atoms with Gasteiger partial charge in [0.25, 0.3) is 0 Å². The van der Waals surface area contributed by atoms with Crippen LogP contribution in [0.15, 0.2) is 59.5 Å². The molecule has 0 saturated heterocycles. The van der Waals surface area contributed by atoms with Crippen LogP contribution in [0.3, 0.4) is 0 Å². The maximum atomic E-state index is 13.2. The normalized spacial score (nSPS) is 13.5. The van der Waals surface area contributed by atoms with Crippen molar-refractivity contribution in [3.8, 4) is 0 Å². The second-order valence-electron chi connectivity index (χ2n) is 5.28. The minimum Gasteiger partial charge on any atom is -0.383 e. The van der Waals surface area contributed by atoms with Crippen LogP contribution >= 0.6 is 0 Å². The van der Waals surface area contributed by atoms with Gasteiger partial charge in [-0.05, 0) is 31.2 Å². The number of benzene rings is 2. The molecular formula is C16H17F3N2O2S. The zero-order chi connectivity index (χ0) is 17.8. The zero-order valence-corrected chi connectivity index (χ0v) is 13.7. The van der Waals surface area contributed by atoms with Gasteiger partial charge in [0.2, 0.25) is 10.0 Å². The minimum atomic E-state index is -4.72. The molecule has 0 bridgehead atoms. The van der Waals surface area contributed by atoms with Gasteiger partial charge in [0.15, 0.2) is 0 Å². The molecule has 2 aromatic carbocycles. The molecule has 0 amide bonds. The molecule has 4 nitrogen and oxygen atoms in total. The third-order valence-corrected chi connectivity index (χ3v) is 4.80. The van der Waals surface area contributed by atoms with Crippen LogP contribution in [0.25, 0.3) is 0 Å². The highest BCUT2D eigenvalue weighted by Crippen LogP contribution is 2.23. The number of hydrogen-bond acceptors (Lipinski definition) is 3. The van der Waals surface area contributed by atoms with E-state index in [1.807, 2.05) is 0 Å². The number of sulfonamides is 1. The summed E-state index contributed by atoms with van der Waals surface area (Å²) in [4.78, 5) is -0.206. The van der Waals surface area contributed by atoms with Crippen LogP contribution in [0.2, 0.25) is 0 Å². The Labute approximate surface area is 138 Å². The third kappa shape index (κ3) is 4.97. The van der Waals surface area contributed by atoms with E-state index in [1.54, 1.807) is 42.0 Å². The molecule has 0 fully saturated rings. The van der Waals surface area contributed by atoms with Gasteiger partial charge in [-0.2, -0.15) is 17.9 Å². The van der Waals surface area contributed by atoms with Crippen LogP contribution in [0.4, 0.5) is 18.9 Å². The Bertz CT molecular complexity index is 760. The molecule has 8 heteroatoms. The minimum absolute atomic E-state index is 0.206. The predicted molar refractivity (Wildman–Crippen MR) is 86.3 cm³/mol. The fraction of sp³-hybridized carbons (Fsp3) is 0.250. The number of anilines is 1. The summed E-state index contributed by atoms with van der Waals surface area (Å²) in [5.41, 5.74) is 1.29. The lowest BCUT2D eigenvalue weighted by molar-refractivity contribution is -0.148. The van der Waals surface area contributed by atoms with Crippen molar-refractivity contribution < 1.29 is 21.6 Å². The number of halogens is 3. The molecule has 0 aliphatic rings. The summed E-state index contributed by atoms with van der Waals surface area (Å²) in [6.45, 7) is 1.14. The average Bonchev–Trinajstić information content (AvgIpc) is 2.52. The lowest BCUT2D eigenvalue weighted by Gasteiger charge is -2.22. The monoisotopic (exact) mass is 358 g/mol. The molecule has 0 saturated carbocycles. The van der Waals surface area contributed by atoms with Crippen LogP contribution in [0.5, 0.6) is 0 Å². The molecule has 2 aromatic rings. The Hall–Kier alpha value is -2.06. The summed E-state index contributed by atoms with van der Waals surface area (Å²) < 4.78 is 65.6. The first-order valence-electron chi connectivity index (χ1n) is 7.13. The van der Waals surface area contributed by atoms with Crippen LogP contribution in [-0.2, 0) is 10.0 Å². The summed E-state index contributed by atoms with van der Waals surface area (Å²) in [6, 6.07) is 11.6. The first-order valence-corrected chi connectivity index (χ1v) is 8.61. The van der Waals surface area contributed by atoms with Crippen molar-refractivity contribution in [2.45, 2.75) is 24.0 Å². The molecule has 0 unspecified atom stereocenters. The molecule has 0 heterocycles. The standard InChI is InChI=1S/C16H17F3N2O2S/c1-12-7-9-14(10-8-12)24(22,23)21-15(16(17,18)19)11-20-13-5-3-2-4-6-13/h2-10,15,20-21H,11H2,1H3/t15-/m1/s1. The zero-order valence-electron chi connectivity index (χ0n) is 12.8. The molecule has 130 valence electrons. The van der Waals surface area contributed by atoms with Crippen molar-refractivity contribution in [1.82, 2.24) is 4.72 Å². The Morgan fingerprint density at radius 1 is 1.00 bits per heavy atom. The average molecular weight is 358 g/mol. The molecule has 2 N–H and O–H groups in total. The highest BCUT2D eigenvalue weighted by Gasteiger charge is 2.42. The second kappa shape index (κ2) is 7.23. The van der Waals surface area contributed by atoms with Gasteiger partial charge in [0, 0.05) is 12.2 Å². The van der Waals surface area contributed by atoms with E-state index in [9.17, 15) is 21.6 Å². The van der Waals surface area contributed by atoms with E-state index in [0.29, 0.717) is 5.69 Å². The van der Waals surface area contributed by atoms with E-state index < -0.39 is 28.8 Å². The molecule has 1 atom stereocenters.